The SMILES string of the molecule is Cc1ccc(C=NNC(=O)C(C)Nc2ccc(C)c(C)c2)cc1. The van der Waals surface area contributed by atoms with Crippen LogP contribution in [0.4, 0.5) is 5.69 Å². The standard InChI is InChI=1S/C19H23N3O/c1-13-5-8-17(9-6-13)12-20-22-19(23)16(4)21-18-10-7-14(2)15(3)11-18/h5-12,16,21H,1-4H3,(H,22,23). The third kappa shape index (κ3) is 4.95. The number of amides is 1. The first-order chi connectivity index (χ1) is 11.0. The molecule has 0 bridgehead atoms. The zero-order chi connectivity index (χ0) is 16.8. The summed E-state index contributed by atoms with van der Waals surface area (Å²) in [5, 5.41) is 7.18. The van der Waals surface area contributed by atoms with Crippen molar-refractivity contribution in [3.63, 3.8) is 0 Å². The van der Waals surface area contributed by atoms with Gasteiger partial charge in [0.05, 0.1) is 6.21 Å². The van der Waals surface area contributed by atoms with Crippen molar-refractivity contribution in [3.05, 3.63) is 64.7 Å². The summed E-state index contributed by atoms with van der Waals surface area (Å²) in [6.45, 7) is 7.96. The molecule has 23 heavy (non-hydrogen) atoms. The predicted octanol–water partition coefficient (Wildman–Crippen LogP) is 3.56. The fourth-order valence-electron chi connectivity index (χ4n) is 2.07. The summed E-state index contributed by atoms with van der Waals surface area (Å²) in [6.07, 6.45) is 1.64. The Morgan fingerprint density at radius 3 is 2.39 bits per heavy atom. The fraction of sp³-hybridized carbons (Fsp3) is 0.263. The largest absolute Gasteiger partial charge is 0.374 e. The molecule has 0 aliphatic rings. The number of hydrogen-bond acceptors (Lipinski definition) is 3. The first-order valence-electron chi connectivity index (χ1n) is 7.69. The Morgan fingerprint density at radius 1 is 1.04 bits per heavy atom. The Kier molecular flexibility index (Phi) is 5.52. The lowest BCUT2D eigenvalue weighted by Gasteiger charge is -2.14. The van der Waals surface area contributed by atoms with Gasteiger partial charge in [0.15, 0.2) is 0 Å². The summed E-state index contributed by atoms with van der Waals surface area (Å²) in [7, 11) is 0. The Morgan fingerprint density at radius 2 is 1.74 bits per heavy atom. The molecule has 0 saturated carbocycles. The molecule has 2 N–H and O–H groups in total. The van der Waals surface area contributed by atoms with Crippen molar-refractivity contribution in [3.8, 4) is 0 Å². The Bertz CT molecular complexity index is 705. The van der Waals surface area contributed by atoms with Crippen LogP contribution in [0.2, 0.25) is 0 Å². The number of nitrogens with one attached hydrogen (secondary N) is 2. The molecule has 2 aromatic carbocycles. The van der Waals surface area contributed by atoms with Gasteiger partial charge in [-0.1, -0.05) is 35.9 Å². The molecule has 2 aromatic rings. The zero-order valence-corrected chi connectivity index (χ0v) is 14.1. The van der Waals surface area contributed by atoms with Gasteiger partial charge in [-0.2, -0.15) is 5.10 Å². The molecule has 0 spiro atoms. The summed E-state index contributed by atoms with van der Waals surface area (Å²) in [4.78, 5) is 12.1. The third-order valence-electron chi connectivity index (χ3n) is 3.75. The van der Waals surface area contributed by atoms with Crippen molar-refractivity contribution in [2.45, 2.75) is 33.7 Å². The molecule has 4 heteroatoms. The summed E-state index contributed by atoms with van der Waals surface area (Å²) in [6, 6.07) is 13.6. The highest BCUT2D eigenvalue weighted by molar-refractivity contribution is 5.86. The smallest absolute Gasteiger partial charge is 0.262 e. The van der Waals surface area contributed by atoms with Crippen molar-refractivity contribution in [1.82, 2.24) is 5.43 Å². The lowest BCUT2D eigenvalue weighted by Crippen LogP contribution is -2.34. The second-order valence-electron chi connectivity index (χ2n) is 5.81. The quantitative estimate of drug-likeness (QED) is 0.655. The van der Waals surface area contributed by atoms with Gasteiger partial charge in [0.1, 0.15) is 6.04 Å². The first kappa shape index (κ1) is 16.7. The van der Waals surface area contributed by atoms with E-state index in [-0.39, 0.29) is 11.9 Å². The van der Waals surface area contributed by atoms with Crippen molar-refractivity contribution in [2.75, 3.05) is 5.32 Å². The average molecular weight is 309 g/mol. The first-order valence-corrected chi connectivity index (χ1v) is 7.69. The fourth-order valence-corrected chi connectivity index (χ4v) is 2.07. The van der Waals surface area contributed by atoms with Crippen molar-refractivity contribution in [1.29, 1.82) is 0 Å². The van der Waals surface area contributed by atoms with E-state index in [1.54, 1.807) is 6.21 Å². The number of anilines is 1. The molecular weight excluding hydrogens is 286 g/mol. The molecule has 0 fully saturated rings. The van der Waals surface area contributed by atoms with Crippen LogP contribution >= 0.6 is 0 Å². The second kappa shape index (κ2) is 7.58. The van der Waals surface area contributed by atoms with E-state index in [4.69, 9.17) is 0 Å². The summed E-state index contributed by atoms with van der Waals surface area (Å²) in [5.41, 5.74) is 8.06. The van der Waals surface area contributed by atoms with Gasteiger partial charge in [-0.05, 0) is 56.5 Å². The van der Waals surface area contributed by atoms with E-state index < -0.39 is 0 Å². The second-order valence-corrected chi connectivity index (χ2v) is 5.81. The number of aryl methyl sites for hydroxylation is 3. The van der Waals surface area contributed by atoms with Crippen LogP contribution in [0.1, 0.15) is 29.2 Å². The maximum Gasteiger partial charge on any atom is 0.262 e. The molecule has 0 aliphatic carbocycles. The van der Waals surface area contributed by atoms with Crippen molar-refractivity contribution < 1.29 is 4.79 Å². The minimum atomic E-state index is -0.368. The molecule has 120 valence electrons. The maximum absolute atomic E-state index is 12.1. The van der Waals surface area contributed by atoms with E-state index in [1.165, 1.54) is 16.7 Å². The number of benzene rings is 2. The van der Waals surface area contributed by atoms with Gasteiger partial charge in [-0.15, -0.1) is 0 Å². The normalized spacial score (nSPS) is 12.2. The van der Waals surface area contributed by atoms with Crippen LogP contribution in [0.3, 0.4) is 0 Å². The number of carbonyl (C=O) groups excluding carboxylic acids is 1. The lowest BCUT2D eigenvalue weighted by atomic mass is 10.1. The van der Waals surface area contributed by atoms with Gasteiger partial charge in [-0.25, -0.2) is 5.43 Å². The van der Waals surface area contributed by atoms with E-state index in [0.717, 1.165) is 11.3 Å². The third-order valence-corrected chi connectivity index (χ3v) is 3.75. The number of hydrazone groups is 1. The van der Waals surface area contributed by atoms with Crippen molar-refractivity contribution in [2.24, 2.45) is 5.10 Å². The molecule has 0 heterocycles. The molecule has 0 aliphatic heterocycles. The summed E-state index contributed by atoms with van der Waals surface area (Å²) < 4.78 is 0. The van der Waals surface area contributed by atoms with E-state index in [1.807, 2.05) is 56.3 Å². The molecule has 1 amide bonds. The van der Waals surface area contributed by atoms with Crippen LogP contribution in [0.5, 0.6) is 0 Å². The van der Waals surface area contributed by atoms with E-state index in [0.29, 0.717) is 0 Å². The zero-order valence-electron chi connectivity index (χ0n) is 14.1. The van der Waals surface area contributed by atoms with Gasteiger partial charge in [0.25, 0.3) is 5.91 Å². The van der Waals surface area contributed by atoms with Crippen LogP contribution in [0.15, 0.2) is 47.6 Å². The topological polar surface area (TPSA) is 53.5 Å². The van der Waals surface area contributed by atoms with Gasteiger partial charge in [-0.3, -0.25) is 4.79 Å². The highest BCUT2D eigenvalue weighted by atomic mass is 16.2. The van der Waals surface area contributed by atoms with Crippen LogP contribution in [0, 0.1) is 20.8 Å². The van der Waals surface area contributed by atoms with E-state index >= 15 is 0 Å². The molecule has 1 unspecified atom stereocenters. The van der Waals surface area contributed by atoms with E-state index in [9.17, 15) is 4.79 Å². The van der Waals surface area contributed by atoms with Crippen LogP contribution in [-0.4, -0.2) is 18.2 Å². The summed E-state index contributed by atoms with van der Waals surface area (Å²) in [5.74, 6) is -0.174. The number of carbonyl (C=O) groups is 1. The predicted molar refractivity (Wildman–Crippen MR) is 95.9 cm³/mol. The number of rotatable bonds is 5. The number of hydrogen-bond donors (Lipinski definition) is 2. The Labute approximate surface area is 137 Å². The van der Waals surface area contributed by atoms with Crippen LogP contribution < -0.4 is 10.7 Å². The van der Waals surface area contributed by atoms with Crippen LogP contribution in [0.25, 0.3) is 0 Å². The minimum Gasteiger partial charge on any atom is -0.374 e. The molecular formula is C19H23N3O. The average Bonchev–Trinajstić information content (AvgIpc) is 2.52. The van der Waals surface area contributed by atoms with Gasteiger partial charge >= 0.3 is 0 Å². The minimum absolute atomic E-state index is 0.174. The Balaban J connectivity index is 1.89. The molecule has 4 nitrogen and oxygen atoms in total. The highest BCUT2D eigenvalue weighted by Gasteiger charge is 2.11. The summed E-state index contributed by atoms with van der Waals surface area (Å²) >= 11 is 0. The molecule has 0 aromatic heterocycles. The monoisotopic (exact) mass is 309 g/mol. The van der Waals surface area contributed by atoms with Crippen molar-refractivity contribution >= 4 is 17.8 Å². The molecule has 2 rings (SSSR count). The van der Waals surface area contributed by atoms with Gasteiger partial charge < -0.3 is 5.32 Å². The molecule has 0 radical (unpaired) electrons. The van der Waals surface area contributed by atoms with E-state index in [2.05, 4.69) is 29.7 Å². The highest BCUT2D eigenvalue weighted by Crippen LogP contribution is 2.15. The molecule has 1 atom stereocenters. The lowest BCUT2D eigenvalue weighted by molar-refractivity contribution is -0.121. The Hall–Kier alpha value is -2.62. The maximum atomic E-state index is 12.1. The van der Waals surface area contributed by atoms with Gasteiger partial charge in [0, 0.05) is 5.69 Å². The van der Waals surface area contributed by atoms with Gasteiger partial charge in [0.2, 0.25) is 0 Å². The number of nitrogens with zero attached hydrogens (tertiary/aromatic N) is 1. The molecule has 0 saturated heterocycles. The van der Waals surface area contributed by atoms with Crippen LogP contribution in [-0.2, 0) is 4.79 Å².